The number of rotatable bonds is 6. The zero-order chi connectivity index (χ0) is 12.7. The predicted molar refractivity (Wildman–Crippen MR) is 61.9 cm³/mol. The van der Waals surface area contributed by atoms with E-state index in [0.717, 1.165) is 25.7 Å². The van der Waals surface area contributed by atoms with Crippen molar-refractivity contribution in [3.05, 3.63) is 0 Å². The van der Waals surface area contributed by atoms with Crippen molar-refractivity contribution in [3.63, 3.8) is 0 Å². The van der Waals surface area contributed by atoms with E-state index in [0.29, 0.717) is 13.2 Å². The molecular weight excluding hydrogens is 224 g/mol. The Morgan fingerprint density at radius 2 is 2.06 bits per heavy atom. The summed E-state index contributed by atoms with van der Waals surface area (Å²) in [4.78, 5) is 24.0. The van der Waals surface area contributed by atoms with Crippen LogP contribution in [0, 0.1) is 0 Å². The Morgan fingerprint density at radius 3 is 2.59 bits per heavy atom. The van der Waals surface area contributed by atoms with Gasteiger partial charge in [0.2, 0.25) is 0 Å². The van der Waals surface area contributed by atoms with Gasteiger partial charge in [0.05, 0.1) is 6.61 Å². The van der Waals surface area contributed by atoms with Gasteiger partial charge in [-0.05, 0) is 12.8 Å². The van der Waals surface area contributed by atoms with Crippen molar-refractivity contribution in [3.8, 4) is 0 Å². The SMILES string of the molecule is COCCNC(=O)N(CC(=O)O)C1CCCC1. The average molecular weight is 244 g/mol. The third-order valence-electron chi connectivity index (χ3n) is 2.91. The molecular formula is C11H20N2O4. The fourth-order valence-corrected chi connectivity index (χ4v) is 2.09. The molecule has 1 aliphatic rings. The summed E-state index contributed by atoms with van der Waals surface area (Å²) in [6, 6.07) is -0.245. The highest BCUT2D eigenvalue weighted by Gasteiger charge is 2.27. The lowest BCUT2D eigenvalue weighted by Gasteiger charge is -2.27. The maximum Gasteiger partial charge on any atom is 0.323 e. The summed E-state index contributed by atoms with van der Waals surface area (Å²) < 4.78 is 4.83. The Bertz CT molecular complexity index is 264. The van der Waals surface area contributed by atoms with Gasteiger partial charge >= 0.3 is 12.0 Å². The zero-order valence-corrected chi connectivity index (χ0v) is 10.1. The summed E-state index contributed by atoms with van der Waals surface area (Å²) in [5.41, 5.74) is 0. The number of nitrogens with zero attached hydrogens (tertiary/aromatic N) is 1. The summed E-state index contributed by atoms with van der Waals surface area (Å²) in [5, 5.41) is 11.5. The van der Waals surface area contributed by atoms with Crippen LogP contribution in [0.3, 0.4) is 0 Å². The van der Waals surface area contributed by atoms with Crippen LogP contribution < -0.4 is 5.32 Å². The van der Waals surface area contributed by atoms with Crippen molar-refractivity contribution >= 4 is 12.0 Å². The number of carbonyl (C=O) groups excluding carboxylic acids is 1. The largest absolute Gasteiger partial charge is 0.480 e. The third-order valence-corrected chi connectivity index (χ3v) is 2.91. The molecule has 1 rings (SSSR count). The summed E-state index contributed by atoms with van der Waals surface area (Å²) >= 11 is 0. The fraction of sp³-hybridized carbons (Fsp3) is 0.818. The number of carboxylic acid groups (broad SMARTS) is 1. The summed E-state index contributed by atoms with van der Waals surface area (Å²) in [6.07, 6.45) is 3.91. The highest BCUT2D eigenvalue weighted by atomic mass is 16.5. The van der Waals surface area contributed by atoms with Crippen molar-refractivity contribution in [2.45, 2.75) is 31.7 Å². The van der Waals surface area contributed by atoms with E-state index >= 15 is 0 Å². The number of methoxy groups -OCH3 is 1. The minimum absolute atomic E-state index is 0.0636. The quantitative estimate of drug-likeness (QED) is 0.673. The average Bonchev–Trinajstić information content (AvgIpc) is 2.79. The number of amides is 2. The molecule has 2 amide bonds. The van der Waals surface area contributed by atoms with Crippen LogP contribution in [-0.2, 0) is 9.53 Å². The van der Waals surface area contributed by atoms with Gasteiger partial charge in [0.1, 0.15) is 6.54 Å². The van der Waals surface area contributed by atoms with Crippen molar-refractivity contribution in [2.24, 2.45) is 0 Å². The molecule has 0 atom stereocenters. The molecule has 98 valence electrons. The molecule has 0 heterocycles. The molecule has 6 nitrogen and oxygen atoms in total. The van der Waals surface area contributed by atoms with E-state index in [9.17, 15) is 9.59 Å². The summed E-state index contributed by atoms with van der Waals surface area (Å²) in [5.74, 6) is -0.973. The van der Waals surface area contributed by atoms with Gasteiger partial charge in [-0.15, -0.1) is 0 Å². The Kier molecular flexibility index (Phi) is 5.76. The molecule has 0 bridgehead atoms. The predicted octanol–water partition coefficient (Wildman–Crippen LogP) is 0.672. The van der Waals surface area contributed by atoms with Gasteiger partial charge in [0, 0.05) is 19.7 Å². The highest BCUT2D eigenvalue weighted by Crippen LogP contribution is 2.23. The molecule has 1 fully saturated rings. The van der Waals surface area contributed by atoms with E-state index in [1.807, 2.05) is 0 Å². The summed E-state index contributed by atoms with van der Waals surface area (Å²) in [7, 11) is 1.55. The van der Waals surface area contributed by atoms with Crippen LogP contribution in [0.4, 0.5) is 4.79 Å². The number of carboxylic acids is 1. The minimum Gasteiger partial charge on any atom is -0.480 e. The van der Waals surface area contributed by atoms with Crippen LogP contribution in [0.5, 0.6) is 0 Å². The lowest BCUT2D eigenvalue weighted by molar-refractivity contribution is -0.138. The van der Waals surface area contributed by atoms with Gasteiger partial charge in [0.15, 0.2) is 0 Å². The van der Waals surface area contributed by atoms with Crippen molar-refractivity contribution in [1.82, 2.24) is 10.2 Å². The van der Waals surface area contributed by atoms with Gasteiger partial charge < -0.3 is 20.1 Å². The molecule has 0 aromatic rings. The molecule has 2 N–H and O–H groups in total. The second-order valence-corrected chi connectivity index (χ2v) is 4.18. The number of urea groups is 1. The van der Waals surface area contributed by atoms with Gasteiger partial charge in [-0.1, -0.05) is 12.8 Å². The Balaban J connectivity index is 2.48. The van der Waals surface area contributed by atoms with Crippen LogP contribution in [0.1, 0.15) is 25.7 Å². The third kappa shape index (κ3) is 4.60. The number of nitrogens with one attached hydrogen (secondary N) is 1. The van der Waals surface area contributed by atoms with Gasteiger partial charge in [-0.25, -0.2) is 4.79 Å². The molecule has 17 heavy (non-hydrogen) atoms. The van der Waals surface area contributed by atoms with Gasteiger partial charge in [-0.2, -0.15) is 0 Å². The van der Waals surface area contributed by atoms with Gasteiger partial charge in [0.25, 0.3) is 0 Å². The standard InChI is InChI=1S/C11H20N2O4/c1-17-7-6-12-11(16)13(8-10(14)15)9-4-2-3-5-9/h9H,2-8H2,1H3,(H,12,16)(H,14,15). The molecule has 0 aliphatic heterocycles. The van der Waals surface area contributed by atoms with Crippen LogP contribution in [0.15, 0.2) is 0 Å². The number of carbonyl (C=O) groups is 2. The first-order chi connectivity index (χ1) is 8.15. The van der Waals surface area contributed by atoms with E-state index in [1.165, 1.54) is 4.90 Å². The Labute approximate surface area is 101 Å². The molecule has 0 radical (unpaired) electrons. The molecule has 0 aromatic heterocycles. The van der Waals surface area contributed by atoms with E-state index in [2.05, 4.69) is 5.32 Å². The summed E-state index contributed by atoms with van der Waals surface area (Å²) in [6.45, 7) is 0.596. The zero-order valence-electron chi connectivity index (χ0n) is 10.1. The number of aliphatic carboxylic acids is 1. The Hall–Kier alpha value is -1.30. The maximum atomic E-state index is 11.8. The lowest BCUT2D eigenvalue weighted by atomic mass is 10.2. The van der Waals surface area contributed by atoms with E-state index < -0.39 is 5.97 Å². The van der Waals surface area contributed by atoms with Crippen LogP contribution >= 0.6 is 0 Å². The molecule has 0 aromatic carbocycles. The molecule has 0 saturated heterocycles. The van der Waals surface area contributed by atoms with Crippen LogP contribution in [0.2, 0.25) is 0 Å². The van der Waals surface area contributed by atoms with Crippen molar-refractivity contribution in [1.29, 1.82) is 0 Å². The topological polar surface area (TPSA) is 78.9 Å². The van der Waals surface area contributed by atoms with Crippen molar-refractivity contribution in [2.75, 3.05) is 26.8 Å². The number of hydrogen-bond acceptors (Lipinski definition) is 3. The molecule has 6 heteroatoms. The fourth-order valence-electron chi connectivity index (χ4n) is 2.09. The normalized spacial score (nSPS) is 15.8. The second-order valence-electron chi connectivity index (χ2n) is 4.18. The molecule has 1 aliphatic carbocycles. The smallest absolute Gasteiger partial charge is 0.323 e. The van der Waals surface area contributed by atoms with E-state index in [4.69, 9.17) is 9.84 Å². The van der Waals surface area contributed by atoms with Gasteiger partial charge in [-0.3, -0.25) is 4.79 Å². The van der Waals surface area contributed by atoms with Crippen LogP contribution in [-0.4, -0.2) is 54.9 Å². The monoisotopic (exact) mass is 244 g/mol. The van der Waals surface area contributed by atoms with E-state index in [-0.39, 0.29) is 18.6 Å². The molecule has 0 spiro atoms. The maximum absolute atomic E-state index is 11.8. The van der Waals surface area contributed by atoms with Crippen LogP contribution in [0.25, 0.3) is 0 Å². The second kappa shape index (κ2) is 7.11. The number of ether oxygens (including phenoxy) is 1. The minimum atomic E-state index is -0.973. The number of hydrogen-bond donors (Lipinski definition) is 2. The highest BCUT2D eigenvalue weighted by molar-refractivity contribution is 5.80. The molecule has 0 unspecified atom stereocenters. The lowest BCUT2D eigenvalue weighted by Crippen LogP contribution is -2.48. The first kappa shape index (κ1) is 13.8. The first-order valence-corrected chi connectivity index (χ1v) is 5.90. The van der Waals surface area contributed by atoms with Crippen molar-refractivity contribution < 1.29 is 19.4 Å². The molecule has 1 saturated carbocycles. The first-order valence-electron chi connectivity index (χ1n) is 5.90. The van der Waals surface area contributed by atoms with E-state index in [1.54, 1.807) is 7.11 Å². The Morgan fingerprint density at radius 1 is 1.41 bits per heavy atom.